The predicted octanol–water partition coefficient (Wildman–Crippen LogP) is -0.901. The van der Waals surface area contributed by atoms with Gasteiger partial charge in [0.1, 0.15) is 6.79 Å². The van der Waals surface area contributed by atoms with Gasteiger partial charge in [0.15, 0.2) is 0 Å². The summed E-state index contributed by atoms with van der Waals surface area (Å²) >= 11 is 0. The third kappa shape index (κ3) is 143. The van der Waals surface area contributed by atoms with Gasteiger partial charge in [-0.3, -0.25) is 0 Å². The molecule has 0 aromatic carbocycles. The van der Waals surface area contributed by atoms with Gasteiger partial charge in [-0.1, -0.05) is 0 Å². The molecular weight excluding hydrogens is 82.0 g/mol. The molecule has 0 fully saturated rings. The molecule has 1 atom stereocenters. The topological polar surface area (TPSA) is 63.3 Å². The Morgan fingerprint density at radius 3 is 1.83 bits per heavy atom. The maximum atomic E-state index is 8.00. The Bertz CT molecular complexity index is 20.0. The molecule has 38 valence electrons. The lowest BCUT2D eigenvalue weighted by atomic mass is 10.7. The van der Waals surface area contributed by atoms with Gasteiger partial charge in [-0.15, -0.1) is 0 Å². The minimum absolute atomic E-state index is 0.667. The van der Waals surface area contributed by atoms with Crippen LogP contribution in [0.2, 0.25) is 0 Å². The van der Waals surface area contributed by atoms with Crippen molar-refractivity contribution in [2.75, 3.05) is 0 Å². The van der Waals surface area contributed by atoms with E-state index in [1.165, 1.54) is 6.92 Å². The summed E-state index contributed by atoms with van der Waals surface area (Å²) in [6.07, 6.45) is -0.667. The fourth-order valence-electron chi connectivity index (χ4n) is 0. The maximum absolute atomic E-state index is 8.00. The van der Waals surface area contributed by atoms with Gasteiger partial charge >= 0.3 is 0 Å². The molecule has 3 nitrogen and oxygen atoms in total. The smallest absolute Gasteiger partial charge is 0.106 e. The van der Waals surface area contributed by atoms with Gasteiger partial charge < -0.3 is 15.6 Å². The van der Waals surface area contributed by atoms with Crippen LogP contribution in [0.3, 0.4) is 0 Å². The Hall–Kier alpha value is -0.410. The fraction of sp³-hybridized carbons (Fsp3) is 0.667. The SMILES string of the molecule is C=O.CC(N)O. The monoisotopic (exact) mass is 91.1 g/mol. The average molecular weight is 91.1 g/mol. The summed E-state index contributed by atoms with van der Waals surface area (Å²) in [6.45, 7) is 3.50. The third-order valence-corrected chi connectivity index (χ3v) is 0. The number of carbonyl (C=O) groups excluding carboxylic acids is 1. The second kappa shape index (κ2) is 8.82. The molecule has 0 aliphatic heterocycles. The van der Waals surface area contributed by atoms with Gasteiger partial charge in [0.25, 0.3) is 0 Å². The van der Waals surface area contributed by atoms with E-state index in [-0.39, 0.29) is 0 Å². The first-order valence-corrected chi connectivity index (χ1v) is 1.46. The van der Waals surface area contributed by atoms with E-state index < -0.39 is 6.23 Å². The number of hydrogen-bond donors (Lipinski definition) is 2. The van der Waals surface area contributed by atoms with Crippen LogP contribution in [-0.2, 0) is 4.79 Å². The molecule has 0 amide bonds. The number of carbonyl (C=O) groups is 1. The lowest BCUT2D eigenvalue weighted by molar-refractivity contribution is -0.0979. The molecule has 1 unspecified atom stereocenters. The highest BCUT2D eigenvalue weighted by Gasteiger charge is 1.68. The van der Waals surface area contributed by atoms with Gasteiger partial charge in [0.2, 0.25) is 0 Å². The van der Waals surface area contributed by atoms with Crippen molar-refractivity contribution in [2.45, 2.75) is 13.2 Å². The highest BCUT2D eigenvalue weighted by atomic mass is 16.3. The van der Waals surface area contributed by atoms with Crippen LogP contribution < -0.4 is 5.73 Å². The van der Waals surface area contributed by atoms with Crippen molar-refractivity contribution in [1.82, 2.24) is 0 Å². The number of rotatable bonds is 0. The van der Waals surface area contributed by atoms with Crippen molar-refractivity contribution in [3.05, 3.63) is 0 Å². The lowest BCUT2D eigenvalue weighted by Crippen LogP contribution is -2.11. The standard InChI is InChI=1S/C2H7NO.CH2O/c1-2(3)4;1-2/h2,4H,3H2,1H3;1H2. The summed E-state index contributed by atoms with van der Waals surface area (Å²) < 4.78 is 0. The van der Waals surface area contributed by atoms with Crippen molar-refractivity contribution in [3.63, 3.8) is 0 Å². The third-order valence-electron chi connectivity index (χ3n) is 0. The number of hydrogen-bond acceptors (Lipinski definition) is 3. The molecule has 0 radical (unpaired) electrons. The summed E-state index contributed by atoms with van der Waals surface area (Å²) in [5.74, 6) is 0. The molecule has 6 heavy (non-hydrogen) atoms. The zero-order valence-corrected chi connectivity index (χ0v) is 3.72. The summed E-state index contributed by atoms with van der Waals surface area (Å²) in [4.78, 5) is 8.00. The fourth-order valence-corrected chi connectivity index (χ4v) is 0. The van der Waals surface area contributed by atoms with Gasteiger partial charge in [-0.25, -0.2) is 0 Å². The highest BCUT2D eigenvalue weighted by Crippen LogP contribution is 1.50. The van der Waals surface area contributed by atoms with E-state index in [1.54, 1.807) is 0 Å². The van der Waals surface area contributed by atoms with E-state index in [4.69, 9.17) is 9.90 Å². The lowest BCUT2D eigenvalue weighted by Gasteiger charge is -1.82. The maximum Gasteiger partial charge on any atom is 0.106 e. The van der Waals surface area contributed by atoms with Crippen molar-refractivity contribution >= 4 is 6.79 Å². The molecule has 0 aromatic heterocycles. The van der Waals surface area contributed by atoms with Crippen molar-refractivity contribution in [3.8, 4) is 0 Å². The van der Waals surface area contributed by atoms with Crippen LogP contribution in [0.1, 0.15) is 6.92 Å². The Labute approximate surface area is 36.8 Å². The van der Waals surface area contributed by atoms with E-state index >= 15 is 0 Å². The first kappa shape index (κ1) is 9.14. The van der Waals surface area contributed by atoms with Crippen LogP contribution in [0.25, 0.3) is 0 Å². The van der Waals surface area contributed by atoms with E-state index in [0.717, 1.165) is 0 Å². The van der Waals surface area contributed by atoms with Crippen LogP contribution in [0.4, 0.5) is 0 Å². The molecule has 3 heteroatoms. The summed E-state index contributed by atoms with van der Waals surface area (Å²) in [7, 11) is 0. The Kier molecular flexibility index (Phi) is 13.4. The van der Waals surface area contributed by atoms with Crippen LogP contribution in [0.15, 0.2) is 0 Å². The Balaban J connectivity index is 0. The molecule has 0 rings (SSSR count). The van der Waals surface area contributed by atoms with E-state index in [0.29, 0.717) is 0 Å². The minimum atomic E-state index is -0.667. The van der Waals surface area contributed by atoms with E-state index in [2.05, 4.69) is 5.73 Å². The second-order valence-corrected chi connectivity index (χ2v) is 0.741. The highest BCUT2D eigenvalue weighted by molar-refractivity contribution is 5.10. The second-order valence-electron chi connectivity index (χ2n) is 0.741. The van der Waals surface area contributed by atoms with Crippen LogP contribution in [0, 0.1) is 0 Å². The Morgan fingerprint density at radius 2 is 1.83 bits per heavy atom. The number of aliphatic hydroxyl groups is 1. The van der Waals surface area contributed by atoms with E-state index in [1.807, 2.05) is 6.79 Å². The molecule has 0 spiro atoms. The van der Waals surface area contributed by atoms with E-state index in [9.17, 15) is 0 Å². The van der Waals surface area contributed by atoms with Crippen LogP contribution in [0.5, 0.6) is 0 Å². The molecule has 0 aliphatic rings. The van der Waals surface area contributed by atoms with Crippen molar-refractivity contribution in [1.29, 1.82) is 0 Å². The molecule has 0 heterocycles. The number of aliphatic hydroxyl groups excluding tert-OH is 1. The predicted molar refractivity (Wildman–Crippen MR) is 23.0 cm³/mol. The quantitative estimate of drug-likeness (QED) is 0.380. The van der Waals surface area contributed by atoms with Crippen molar-refractivity contribution < 1.29 is 9.90 Å². The van der Waals surface area contributed by atoms with Crippen LogP contribution >= 0.6 is 0 Å². The Morgan fingerprint density at radius 1 is 1.83 bits per heavy atom. The molecule has 0 saturated carbocycles. The average Bonchev–Trinajstić information content (AvgIpc) is 1.41. The molecule has 0 bridgehead atoms. The van der Waals surface area contributed by atoms with Gasteiger partial charge in [0, 0.05) is 0 Å². The first-order valence-electron chi connectivity index (χ1n) is 1.46. The van der Waals surface area contributed by atoms with Crippen LogP contribution in [-0.4, -0.2) is 18.1 Å². The summed E-state index contributed by atoms with van der Waals surface area (Å²) in [6, 6.07) is 0. The molecule has 0 saturated heterocycles. The zero-order chi connectivity index (χ0) is 5.58. The summed E-state index contributed by atoms with van der Waals surface area (Å²) in [5, 5.41) is 7.83. The van der Waals surface area contributed by atoms with Gasteiger partial charge in [0.05, 0.1) is 6.23 Å². The van der Waals surface area contributed by atoms with Crippen molar-refractivity contribution in [2.24, 2.45) is 5.73 Å². The summed E-state index contributed by atoms with van der Waals surface area (Å²) in [5.41, 5.74) is 4.67. The minimum Gasteiger partial charge on any atom is -0.379 e. The first-order chi connectivity index (χ1) is 2.73. The van der Waals surface area contributed by atoms with Gasteiger partial charge in [-0.05, 0) is 6.92 Å². The molecule has 3 N–H and O–H groups in total. The van der Waals surface area contributed by atoms with Gasteiger partial charge in [-0.2, -0.15) is 0 Å². The largest absolute Gasteiger partial charge is 0.379 e. The molecular formula is C3H9NO2. The normalized spacial score (nSPS) is 11.2. The molecule has 0 aliphatic carbocycles. The number of nitrogens with two attached hydrogens (primary N) is 1. The zero-order valence-electron chi connectivity index (χ0n) is 3.72. The molecule has 0 aromatic rings.